The van der Waals surface area contributed by atoms with Crippen LogP contribution in [0.3, 0.4) is 0 Å². The number of nitrogens with zero attached hydrogens (tertiary/aromatic N) is 3. The van der Waals surface area contributed by atoms with Crippen molar-refractivity contribution in [3.63, 3.8) is 0 Å². The lowest BCUT2D eigenvalue weighted by Gasteiger charge is -2.28. The number of aromatic nitrogens is 2. The van der Waals surface area contributed by atoms with Crippen molar-refractivity contribution < 1.29 is 0 Å². The molecule has 1 aliphatic carbocycles. The summed E-state index contributed by atoms with van der Waals surface area (Å²) in [4.78, 5) is 4.66. The topological polar surface area (TPSA) is 54.2 Å². The number of hydrogen-bond donors (Lipinski definition) is 2. The first-order valence-electron chi connectivity index (χ1n) is 7.70. The monoisotopic (exact) mass is 405 g/mol. The highest BCUT2D eigenvalue weighted by atomic mass is 127. The van der Waals surface area contributed by atoms with Crippen LogP contribution in [0.1, 0.15) is 45.2 Å². The minimum absolute atomic E-state index is 0. The molecule has 0 amide bonds. The standard InChI is InChI=1S/C15H27N5.HI/c1-4-16-15(17-11-14-9-10-18-20(14)3)19-13-7-5-12(2)6-8-13;/h9-10,12-13H,4-8,11H2,1-3H3,(H2,16,17,19);1H. The fourth-order valence-electron chi connectivity index (χ4n) is 2.63. The van der Waals surface area contributed by atoms with Crippen LogP contribution in [0.4, 0.5) is 0 Å². The smallest absolute Gasteiger partial charge is 0.191 e. The van der Waals surface area contributed by atoms with E-state index in [-0.39, 0.29) is 24.0 Å². The van der Waals surface area contributed by atoms with Crippen molar-refractivity contribution in [2.45, 2.75) is 52.1 Å². The number of halogens is 1. The van der Waals surface area contributed by atoms with Gasteiger partial charge in [0.25, 0.3) is 0 Å². The van der Waals surface area contributed by atoms with E-state index < -0.39 is 0 Å². The van der Waals surface area contributed by atoms with E-state index in [0.717, 1.165) is 24.1 Å². The fraction of sp³-hybridized carbons (Fsp3) is 0.733. The molecule has 21 heavy (non-hydrogen) atoms. The lowest BCUT2D eigenvalue weighted by molar-refractivity contribution is 0.329. The van der Waals surface area contributed by atoms with Gasteiger partial charge in [-0.05, 0) is 44.6 Å². The predicted molar refractivity (Wildman–Crippen MR) is 98.0 cm³/mol. The van der Waals surface area contributed by atoms with Crippen molar-refractivity contribution >= 4 is 29.9 Å². The molecule has 120 valence electrons. The predicted octanol–water partition coefficient (Wildman–Crippen LogP) is 2.67. The number of nitrogens with one attached hydrogen (secondary N) is 2. The third-order valence-electron chi connectivity index (χ3n) is 4.02. The van der Waals surface area contributed by atoms with E-state index in [4.69, 9.17) is 0 Å². The summed E-state index contributed by atoms with van der Waals surface area (Å²) in [5, 5.41) is 11.1. The first-order valence-corrected chi connectivity index (χ1v) is 7.70. The van der Waals surface area contributed by atoms with Gasteiger partial charge in [0.15, 0.2) is 5.96 Å². The maximum Gasteiger partial charge on any atom is 0.191 e. The molecule has 0 bridgehead atoms. The Balaban J connectivity index is 0.00000220. The van der Waals surface area contributed by atoms with Crippen LogP contribution in [-0.4, -0.2) is 28.3 Å². The minimum atomic E-state index is 0. The Hall–Kier alpha value is -0.790. The molecule has 0 unspecified atom stereocenters. The van der Waals surface area contributed by atoms with Crippen LogP contribution in [0, 0.1) is 5.92 Å². The Morgan fingerprint density at radius 2 is 2.10 bits per heavy atom. The summed E-state index contributed by atoms with van der Waals surface area (Å²) >= 11 is 0. The Morgan fingerprint density at radius 1 is 1.38 bits per heavy atom. The molecule has 0 saturated heterocycles. The zero-order valence-electron chi connectivity index (χ0n) is 13.3. The maximum absolute atomic E-state index is 4.66. The van der Waals surface area contributed by atoms with Crippen molar-refractivity contribution in [3.05, 3.63) is 18.0 Å². The largest absolute Gasteiger partial charge is 0.357 e. The van der Waals surface area contributed by atoms with Gasteiger partial charge in [-0.15, -0.1) is 24.0 Å². The van der Waals surface area contributed by atoms with Crippen LogP contribution in [0.5, 0.6) is 0 Å². The Kier molecular flexibility index (Phi) is 8.06. The lowest BCUT2D eigenvalue weighted by atomic mass is 9.87. The Morgan fingerprint density at radius 3 is 2.67 bits per heavy atom. The van der Waals surface area contributed by atoms with Gasteiger partial charge in [0.1, 0.15) is 0 Å². The second-order valence-corrected chi connectivity index (χ2v) is 5.74. The van der Waals surface area contributed by atoms with E-state index in [1.165, 1.54) is 25.7 Å². The highest BCUT2D eigenvalue weighted by Crippen LogP contribution is 2.23. The number of rotatable bonds is 4. The van der Waals surface area contributed by atoms with E-state index in [1.54, 1.807) is 0 Å². The SMILES string of the molecule is CCNC(=NCc1ccnn1C)NC1CCC(C)CC1.I. The molecule has 2 N–H and O–H groups in total. The van der Waals surface area contributed by atoms with E-state index in [0.29, 0.717) is 12.6 Å². The number of guanidine groups is 1. The number of aryl methyl sites for hydroxylation is 1. The summed E-state index contributed by atoms with van der Waals surface area (Å²) in [5.41, 5.74) is 1.12. The molecular weight excluding hydrogens is 377 g/mol. The van der Waals surface area contributed by atoms with Crippen LogP contribution in [0.2, 0.25) is 0 Å². The molecule has 0 atom stereocenters. The normalized spacial score (nSPS) is 22.5. The number of hydrogen-bond acceptors (Lipinski definition) is 2. The van der Waals surface area contributed by atoms with Crippen molar-refractivity contribution in [1.29, 1.82) is 0 Å². The van der Waals surface area contributed by atoms with Gasteiger partial charge in [0.2, 0.25) is 0 Å². The molecule has 0 radical (unpaired) electrons. The highest BCUT2D eigenvalue weighted by Gasteiger charge is 2.18. The molecule has 1 aliphatic rings. The van der Waals surface area contributed by atoms with E-state index in [2.05, 4.69) is 34.6 Å². The van der Waals surface area contributed by atoms with Crippen molar-refractivity contribution in [2.75, 3.05) is 6.54 Å². The van der Waals surface area contributed by atoms with Crippen LogP contribution in [0.25, 0.3) is 0 Å². The van der Waals surface area contributed by atoms with E-state index >= 15 is 0 Å². The average Bonchev–Trinajstić information content (AvgIpc) is 2.84. The van der Waals surface area contributed by atoms with Gasteiger partial charge in [-0.25, -0.2) is 4.99 Å². The molecule has 2 rings (SSSR count). The van der Waals surface area contributed by atoms with Crippen LogP contribution in [-0.2, 0) is 13.6 Å². The van der Waals surface area contributed by atoms with Gasteiger partial charge in [-0.1, -0.05) is 6.92 Å². The summed E-state index contributed by atoms with van der Waals surface area (Å²) in [7, 11) is 1.95. The minimum Gasteiger partial charge on any atom is -0.357 e. The fourth-order valence-corrected chi connectivity index (χ4v) is 2.63. The maximum atomic E-state index is 4.66. The zero-order chi connectivity index (χ0) is 14.4. The summed E-state index contributed by atoms with van der Waals surface area (Å²) in [6.45, 7) is 6.00. The van der Waals surface area contributed by atoms with Gasteiger partial charge >= 0.3 is 0 Å². The number of aliphatic imine (C=N–C) groups is 1. The molecule has 0 aromatic carbocycles. The van der Waals surface area contributed by atoms with Gasteiger partial charge in [-0.3, -0.25) is 4.68 Å². The molecule has 6 heteroatoms. The molecule has 0 aliphatic heterocycles. The average molecular weight is 405 g/mol. The molecule has 5 nitrogen and oxygen atoms in total. The van der Waals surface area contributed by atoms with Crippen LogP contribution < -0.4 is 10.6 Å². The third-order valence-corrected chi connectivity index (χ3v) is 4.02. The van der Waals surface area contributed by atoms with Crippen LogP contribution in [0.15, 0.2) is 17.3 Å². The van der Waals surface area contributed by atoms with Crippen LogP contribution >= 0.6 is 24.0 Å². The van der Waals surface area contributed by atoms with Gasteiger partial charge in [0, 0.05) is 25.8 Å². The van der Waals surface area contributed by atoms with Gasteiger partial charge in [-0.2, -0.15) is 5.10 Å². The Bertz CT molecular complexity index is 435. The van der Waals surface area contributed by atoms with Crippen molar-refractivity contribution in [3.8, 4) is 0 Å². The highest BCUT2D eigenvalue weighted by molar-refractivity contribution is 14.0. The van der Waals surface area contributed by atoms with E-state index in [9.17, 15) is 0 Å². The van der Waals surface area contributed by atoms with Crippen molar-refractivity contribution in [2.24, 2.45) is 18.0 Å². The molecule has 1 aromatic heterocycles. The summed E-state index contributed by atoms with van der Waals surface area (Å²) in [6, 6.07) is 2.57. The first kappa shape index (κ1) is 18.3. The summed E-state index contributed by atoms with van der Waals surface area (Å²) in [6.07, 6.45) is 6.94. The Labute approximate surface area is 145 Å². The summed E-state index contributed by atoms with van der Waals surface area (Å²) in [5.74, 6) is 1.80. The molecule has 1 heterocycles. The second-order valence-electron chi connectivity index (χ2n) is 5.74. The zero-order valence-corrected chi connectivity index (χ0v) is 15.6. The molecule has 1 aromatic rings. The second kappa shape index (κ2) is 9.27. The third kappa shape index (κ3) is 5.84. The van der Waals surface area contributed by atoms with Crippen molar-refractivity contribution in [1.82, 2.24) is 20.4 Å². The van der Waals surface area contributed by atoms with Gasteiger partial charge < -0.3 is 10.6 Å². The lowest BCUT2D eigenvalue weighted by Crippen LogP contribution is -2.44. The molecule has 1 saturated carbocycles. The quantitative estimate of drug-likeness (QED) is 0.460. The molecule has 0 spiro atoms. The van der Waals surface area contributed by atoms with Gasteiger partial charge in [0.05, 0.1) is 12.2 Å². The molecule has 1 fully saturated rings. The van der Waals surface area contributed by atoms with E-state index in [1.807, 2.05) is 24.0 Å². The molecular formula is C15H28IN5. The summed E-state index contributed by atoms with van der Waals surface area (Å²) < 4.78 is 1.87. The first-order chi connectivity index (χ1) is 9.69.